The van der Waals surface area contributed by atoms with Crippen LogP contribution in [0, 0.1) is 6.92 Å². The Morgan fingerprint density at radius 1 is 1.41 bits per heavy atom. The Labute approximate surface area is 101 Å². The molecule has 2 N–H and O–H groups in total. The molecule has 0 amide bonds. The summed E-state index contributed by atoms with van der Waals surface area (Å²) in [6, 6.07) is 5.64. The third-order valence-electron chi connectivity index (χ3n) is 3.12. The van der Waals surface area contributed by atoms with Crippen LogP contribution in [-0.4, -0.2) is 20.5 Å². The molecule has 0 spiro atoms. The first-order chi connectivity index (χ1) is 8.22. The van der Waals surface area contributed by atoms with Crippen molar-refractivity contribution in [3.05, 3.63) is 41.2 Å². The van der Waals surface area contributed by atoms with E-state index in [4.69, 9.17) is 0 Å². The van der Waals surface area contributed by atoms with Crippen molar-refractivity contribution in [1.82, 2.24) is 15.4 Å². The van der Waals surface area contributed by atoms with E-state index in [1.165, 1.54) is 0 Å². The summed E-state index contributed by atoms with van der Waals surface area (Å²) in [7, 11) is 0. The second-order valence-corrected chi connectivity index (χ2v) is 4.28. The molecule has 0 radical (unpaired) electrons. The summed E-state index contributed by atoms with van der Waals surface area (Å²) < 4.78 is 0. The summed E-state index contributed by atoms with van der Waals surface area (Å²) in [5.74, 6) is 0.654. The molecule has 0 saturated heterocycles. The number of aryl methyl sites for hydroxylation is 1. The van der Waals surface area contributed by atoms with E-state index in [1.807, 2.05) is 19.1 Å². The smallest absolute Gasteiger partial charge is 0.119 e. The van der Waals surface area contributed by atoms with Crippen LogP contribution in [-0.2, 0) is 6.42 Å². The van der Waals surface area contributed by atoms with Crippen LogP contribution in [0.2, 0.25) is 0 Å². The Morgan fingerprint density at radius 2 is 2.24 bits per heavy atom. The molecule has 0 bridgehead atoms. The lowest BCUT2D eigenvalue weighted by molar-refractivity contribution is 0.457. The van der Waals surface area contributed by atoms with E-state index >= 15 is 0 Å². The van der Waals surface area contributed by atoms with Gasteiger partial charge in [-0.2, -0.15) is 15.4 Å². The second kappa shape index (κ2) is 4.99. The SMILES string of the molecule is CCC(Cc1cn[nH]n1)c1c(C)cccc1O. The van der Waals surface area contributed by atoms with Crippen molar-refractivity contribution in [3.8, 4) is 5.75 Å². The van der Waals surface area contributed by atoms with Crippen molar-refractivity contribution in [2.24, 2.45) is 0 Å². The number of H-pyrrole nitrogens is 1. The van der Waals surface area contributed by atoms with Gasteiger partial charge in [0.05, 0.1) is 11.9 Å². The summed E-state index contributed by atoms with van der Waals surface area (Å²) in [5.41, 5.74) is 3.08. The van der Waals surface area contributed by atoms with E-state index in [0.29, 0.717) is 5.75 Å². The number of aromatic amines is 1. The van der Waals surface area contributed by atoms with Crippen molar-refractivity contribution in [3.63, 3.8) is 0 Å². The molecular weight excluding hydrogens is 214 g/mol. The predicted octanol–water partition coefficient (Wildman–Crippen LogP) is 2.56. The Balaban J connectivity index is 2.29. The fourth-order valence-electron chi connectivity index (χ4n) is 2.22. The maximum Gasteiger partial charge on any atom is 0.119 e. The number of hydrogen-bond donors (Lipinski definition) is 2. The lowest BCUT2D eigenvalue weighted by Crippen LogP contribution is -2.04. The van der Waals surface area contributed by atoms with Gasteiger partial charge in [-0.1, -0.05) is 19.1 Å². The summed E-state index contributed by atoms with van der Waals surface area (Å²) in [5, 5.41) is 20.5. The average molecular weight is 231 g/mol. The first-order valence-corrected chi connectivity index (χ1v) is 5.85. The second-order valence-electron chi connectivity index (χ2n) is 4.28. The van der Waals surface area contributed by atoms with E-state index in [0.717, 1.165) is 29.7 Å². The summed E-state index contributed by atoms with van der Waals surface area (Å²) in [6.45, 7) is 4.15. The van der Waals surface area contributed by atoms with Gasteiger partial charge >= 0.3 is 0 Å². The Hall–Kier alpha value is -1.84. The molecule has 4 heteroatoms. The van der Waals surface area contributed by atoms with Crippen molar-refractivity contribution in [1.29, 1.82) is 0 Å². The van der Waals surface area contributed by atoms with E-state index < -0.39 is 0 Å². The molecule has 0 fully saturated rings. The summed E-state index contributed by atoms with van der Waals surface area (Å²) in [6.07, 6.45) is 3.49. The monoisotopic (exact) mass is 231 g/mol. The van der Waals surface area contributed by atoms with Gasteiger partial charge in [-0.3, -0.25) is 0 Å². The highest BCUT2D eigenvalue weighted by molar-refractivity contribution is 5.41. The topological polar surface area (TPSA) is 61.8 Å². The van der Waals surface area contributed by atoms with E-state index in [2.05, 4.69) is 22.3 Å². The number of phenols is 1. The molecule has 1 aromatic carbocycles. The minimum Gasteiger partial charge on any atom is -0.508 e. The first kappa shape index (κ1) is 11.6. The van der Waals surface area contributed by atoms with Gasteiger partial charge in [-0.15, -0.1) is 0 Å². The maximum atomic E-state index is 9.98. The molecule has 1 heterocycles. The van der Waals surface area contributed by atoms with Gasteiger partial charge in [0.1, 0.15) is 5.75 Å². The summed E-state index contributed by atoms with van der Waals surface area (Å²) >= 11 is 0. The molecule has 1 aromatic heterocycles. The van der Waals surface area contributed by atoms with Crippen LogP contribution in [0.4, 0.5) is 0 Å². The molecule has 0 aliphatic carbocycles. The number of benzene rings is 1. The van der Waals surface area contributed by atoms with Crippen LogP contribution < -0.4 is 0 Å². The quantitative estimate of drug-likeness (QED) is 0.850. The zero-order valence-electron chi connectivity index (χ0n) is 10.1. The molecule has 0 saturated carbocycles. The van der Waals surface area contributed by atoms with Gasteiger partial charge in [0.25, 0.3) is 0 Å². The number of nitrogens with zero attached hydrogens (tertiary/aromatic N) is 2. The third-order valence-corrected chi connectivity index (χ3v) is 3.12. The lowest BCUT2D eigenvalue weighted by Gasteiger charge is -2.17. The van der Waals surface area contributed by atoms with Gasteiger partial charge in [0.15, 0.2) is 0 Å². The molecule has 2 aromatic rings. The van der Waals surface area contributed by atoms with Gasteiger partial charge < -0.3 is 5.11 Å². The van der Waals surface area contributed by atoms with E-state index in [1.54, 1.807) is 12.3 Å². The summed E-state index contributed by atoms with van der Waals surface area (Å²) in [4.78, 5) is 0. The lowest BCUT2D eigenvalue weighted by atomic mass is 9.88. The number of rotatable bonds is 4. The molecule has 90 valence electrons. The molecule has 4 nitrogen and oxygen atoms in total. The fourth-order valence-corrected chi connectivity index (χ4v) is 2.22. The minimum absolute atomic E-state index is 0.279. The Bertz CT molecular complexity index is 459. The van der Waals surface area contributed by atoms with Crippen molar-refractivity contribution < 1.29 is 5.11 Å². The number of hydrogen-bond acceptors (Lipinski definition) is 3. The molecule has 2 rings (SSSR count). The third kappa shape index (κ3) is 2.46. The van der Waals surface area contributed by atoms with E-state index in [9.17, 15) is 5.11 Å². The van der Waals surface area contributed by atoms with Gasteiger partial charge in [0, 0.05) is 12.0 Å². The number of aromatic nitrogens is 3. The van der Waals surface area contributed by atoms with Crippen LogP contribution in [0.1, 0.15) is 36.1 Å². The highest BCUT2D eigenvalue weighted by Crippen LogP contribution is 2.33. The molecule has 1 atom stereocenters. The van der Waals surface area contributed by atoms with Gasteiger partial charge in [0.2, 0.25) is 0 Å². The zero-order valence-corrected chi connectivity index (χ0v) is 10.1. The molecule has 17 heavy (non-hydrogen) atoms. The maximum absolute atomic E-state index is 9.98. The number of phenolic OH excluding ortho intramolecular Hbond substituents is 1. The predicted molar refractivity (Wildman–Crippen MR) is 66.0 cm³/mol. The van der Waals surface area contributed by atoms with Crippen LogP contribution in [0.5, 0.6) is 5.75 Å². The highest BCUT2D eigenvalue weighted by atomic mass is 16.3. The normalized spacial score (nSPS) is 12.6. The largest absolute Gasteiger partial charge is 0.508 e. The molecule has 0 aliphatic rings. The zero-order chi connectivity index (χ0) is 12.3. The number of nitrogens with one attached hydrogen (secondary N) is 1. The van der Waals surface area contributed by atoms with Crippen LogP contribution in [0.25, 0.3) is 0 Å². The molecule has 0 aliphatic heterocycles. The van der Waals surface area contributed by atoms with Gasteiger partial charge in [-0.05, 0) is 30.9 Å². The standard InChI is InChI=1S/C13H17N3O/c1-3-10(7-11-8-14-16-15-11)13-9(2)5-4-6-12(13)17/h4-6,8,10,17H,3,7H2,1-2H3,(H,14,15,16). The minimum atomic E-state index is 0.279. The van der Waals surface area contributed by atoms with Crippen molar-refractivity contribution in [2.75, 3.05) is 0 Å². The van der Waals surface area contributed by atoms with Crippen LogP contribution in [0.15, 0.2) is 24.4 Å². The van der Waals surface area contributed by atoms with Crippen LogP contribution in [0.3, 0.4) is 0 Å². The highest BCUT2D eigenvalue weighted by Gasteiger charge is 2.17. The first-order valence-electron chi connectivity index (χ1n) is 5.85. The average Bonchev–Trinajstić information content (AvgIpc) is 2.80. The van der Waals surface area contributed by atoms with Crippen LogP contribution >= 0.6 is 0 Å². The Morgan fingerprint density at radius 3 is 2.82 bits per heavy atom. The number of aromatic hydroxyl groups is 1. The van der Waals surface area contributed by atoms with Crippen molar-refractivity contribution >= 4 is 0 Å². The fraction of sp³-hybridized carbons (Fsp3) is 0.385. The molecule has 1 unspecified atom stereocenters. The molecular formula is C13H17N3O. The Kier molecular flexibility index (Phi) is 3.42. The van der Waals surface area contributed by atoms with Gasteiger partial charge in [-0.25, -0.2) is 0 Å². The van der Waals surface area contributed by atoms with E-state index in [-0.39, 0.29) is 5.92 Å². The van der Waals surface area contributed by atoms with Crippen molar-refractivity contribution in [2.45, 2.75) is 32.6 Å².